The van der Waals surface area contributed by atoms with Gasteiger partial charge in [0, 0.05) is 43.3 Å². The number of amides is 1. The molecule has 5 nitrogen and oxygen atoms in total. The van der Waals surface area contributed by atoms with Crippen LogP contribution in [-0.2, 0) is 0 Å². The highest BCUT2D eigenvalue weighted by Crippen LogP contribution is 2.27. The van der Waals surface area contributed by atoms with Gasteiger partial charge in [0.25, 0.3) is 5.91 Å². The van der Waals surface area contributed by atoms with Crippen LogP contribution in [0.4, 0.5) is 5.69 Å². The SMILES string of the molecule is O=C(c1c[nH]c2ccccc12)N1CCN(c2ccccc2O)CC1. The van der Waals surface area contributed by atoms with Gasteiger partial charge in [-0.15, -0.1) is 0 Å². The summed E-state index contributed by atoms with van der Waals surface area (Å²) in [5, 5.41) is 10.9. The van der Waals surface area contributed by atoms with Crippen LogP contribution in [0.5, 0.6) is 5.75 Å². The third-order valence-corrected chi connectivity index (χ3v) is 4.61. The van der Waals surface area contributed by atoms with Crippen molar-refractivity contribution in [1.29, 1.82) is 0 Å². The number of hydrogen-bond donors (Lipinski definition) is 2. The third-order valence-electron chi connectivity index (χ3n) is 4.61. The number of carbonyl (C=O) groups excluding carboxylic acids is 1. The summed E-state index contributed by atoms with van der Waals surface area (Å²) in [5.41, 5.74) is 2.53. The summed E-state index contributed by atoms with van der Waals surface area (Å²) in [6.45, 7) is 2.72. The number of piperazine rings is 1. The fraction of sp³-hybridized carbons (Fsp3) is 0.211. The van der Waals surface area contributed by atoms with Crippen LogP contribution in [-0.4, -0.2) is 47.1 Å². The molecule has 0 spiro atoms. The van der Waals surface area contributed by atoms with Gasteiger partial charge in [0.2, 0.25) is 0 Å². The maximum absolute atomic E-state index is 12.8. The molecule has 1 aliphatic rings. The molecule has 122 valence electrons. The van der Waals surface area contributed by atoms with E-state index in [-0.39, 0.29) is 11.7 Å². The highest BCUT2D eigenvalue weighted by molar-refractivity contribution is 6.06. The quantitative estimate of drug-likeness (QED) is 0.763. The van der Waals surface area contributed by atoms with Crippen molar-refractivity contribution in [3.05, 3.63) is 60.3 Å². The number of H-pyrrole nitrogens is 1. The lowest BCUT2D eigenvalue weighted by atomic mass is 10.1. The highest BCUT2D eigenvalue weighted by Gasteiger charge is 2.24. The minimum Gasteiger partial charge on any atom is -0.506 e. The molecule has 0 atom stereocenters. The van der Waals surface area contributed by atoms with Crippen molar-refractivity contribution in [1.82, 2.24) is 9.88 Å². The highest BCUT2D eigenvalue weighted by atomic mass is 16.3. The Kier molecular flexibility index (Phi) is 3.61. The molecule has 0 unspecified atom stereocenters. The van der Waals surface area contributed by atoms with Crippen LogP contribution in [0, 0.1) is 0 Å². The fourth-order valence-corrected chi connectivity index (χ4v) is 3.30. The van der Waals surface area contributed by atoms with E-state index in [4.69, 9.17) is 0 Å². The molecular weight excluding hydrogens is 302 g/mol. The summed E-state index contributed by atoms with van der Waals surface area (Å²) in [6.07, 6.45) is 1.79. The number of aromatic amines is 1. The molecule has 0 aliphatic carbocycles. The summed E-state index contributed by atoms with van der Waals surface area (Å²) in [7, 11) is 0. The van der Waals surface area contributed by atoms with E-state index in [1.54, 1.807) is 12.3 Å². The summed E-state index contributed by atoms with van der Waals surface area (Å²) in [4.78, 5) is 20.0. The summed E-state index contributed by atoms with van der Waals surface area (Å²) in [5.74, 6) is 0.346. The molecule has 1 amide bonds. The predicted octanol–water partition coefficient (Wildman–Crippen LogP) is 2.84. The van der Waals surface area contributed by atoms with Gasteiger partial charge in [0.1, 0.15) is 5.75 Å². The molecule has 2 heterocycles. The van der Waals surface area contributed by atoms with Gasteiger partial charge < -0.3 is 19.9 Å². The van der Waals surface area contributed by atoms with Gasteiger partial charge >= 0.3 is 0 Å². The lowest BCUT2D eigenvalue weighted by Gasteiger charge is -2.36. The Morgan fingerprint density at radius 1 is 0.958 bits per heavy atom. The van der Waals surface area contributed by atoms with E-state index in [9.17, 15) is 9.90 Å². The van der Waals surface area contributed by atoms with Crippen molar-refractivity contribution in [2.45, 2.75) is 0 Å². The Balaban J connectivity index is 1.50. The Bertz CT molecular complexity index is 879. The fourth-order valence-electron chi connectivity index (χ4n) is 3.30. The first-order chi connectivity index (χ1) is 11.7. The monoisotopic (exact) mass is 321 g/mol. The summed E-state index contributed by atoms with van der Waals surface area (Å²) >= 11 is 0. The zero-order valence-corrected chi connectivity index (χ0v) is 13.3. The predicted molar refractivity (Wildman–Crippen MR) is 94.5 cm³/mol. The average Bonchev–Trinajstić information content (AvgIpc) is 3.06. The molecule has 24 heavy (non-hydrogen) atoms. The van der Waals surface area contributed by atoms with E-state index in [1.807, 2.05) is 47.4 Å². The van der Waals surface area contributed by atoms with Crippen LogP contribution in [0.2, 0.25) is 0 Å². The number of phenolic OH excluding ortho intramolecular Hbond substituents is 1. The number of nitrogens with zero attached hydrogens (tertiary/aromatic N) is 2. The van der Waals surface area contributed by atoms with Crippen LogP contribution >= 0.6 is 0 Å². The van der Waals surface area contributed by atoms with Crippen molar-refractivity contribution in [3.8, 4) is 5.75 Å². The van der Waals surface area contributed by atoms with Gasteiger partial charge in [-0.25, -0.2) is 0 Å². The molecule has 1 saturated heterocycles. The number of para-hydroxylation sites is 3. The van der Waals surface area contributed by atoms with Gasteiger partial charge in [-0.1, -0.05) is 30.3 Å². The van der Waals surface area contributed by atoms with Gasteiger partial charge in [0.05, 0.1) is 11.3 Å². The third kappa shape index (κ3) is 2.48. The Morgan fingerprint density at radius 3 is 2.46 bits per heavy atom. The van der Waals surface area contributed by atoms with Gasteiger partial charge in [0.15, 0.2) is 0 Å². The standard InChI is InChI=1S/C19H19N3O2/c23-18-8-4-3-7-17(18)21-9-11-22(12-10-21)19(24)15-13-20-16-6-2-1-5-14(15)16/h1-8,13,20,23H,9-12H2. The molecule has 0 saturated carbocycles. The molecule has 0 radical (unpaired) electrons. The number of rotatable bonds is 2. The zero-order valence-electron chi connectivity index (χ0n) is 13.3. The second kappa shape index (κ2) is 5.92. The van der Waals surface area contributed by atoms with Crippen LogP contribution in [0.15, 0.2) is 54.7 Å². The second-order valence-corrected chi connectivity index (χ2v) is 6.02. The number of fused-ring (bicyclic) bond motifs is 1. The van der Waals surface area contributed by atoms with Crippen LogP contribution in [0.25, 0.3) is 10.9 Å². The first-order valence-electron chi connectivity index (χ1n) is 8.12. The first-order valence-corrected chi connectivity index (χ1v) is 8.12. The summed E-state index contributed by atoms with van der Waals surface area (Å²) < 4.78 is 0. The minimum atomic E-state index is 0.0596. The molecule has 0 bridgehead atoms. The smallest absolute Gasteiger partial charge is 0.256 e. The minimum absolute atomic E-state index is 0.0596. The molecular formula is C19H19N3O2. The topological polar surface area (TPSA) is 59.6 Å². The van der Waals surface area contributed by atoms with Crippen LogP contribution in [0.3, 0.4) is 0 Å². The number of nitrogens with one attached hydrogen (secondary N) is 1. The van der Waals surface area contributed by atoms with Gasteiger partial charge in [-0.3, -0.25) is 4.79 Å². The number of benzene rings is 2. The van der Waals surface area contributed by atoms with Crippen LogP contribution in [0.1, 0.15) is 10.4 Å². The van der Waals surface area contributed by atoms with E-state index in [2.05, 4.69) is 9.88 Å². The van der Waals surface area contributed by atoms with E-state index in [1.165, 1.54) is 0 Å². The Labute approximate surface area is 140 Å². The number of aromatic hydroxyl groups is 1. The number of aromatic nitrogens is 1. The Hall–Kier alpha value is -2.95. The molecule has 2 N–H and O–H groups in total. The molecule has 5 heteroatoms. The molecule has 2 aromatic carbocycles. The zero-order chi connectivity index (χ0) is 16.5. The number of anilines is 1. The number of hydrogen-bond acceptors (Lipinski definition) is 3. The lowest BCUT2D eigenvalue weighted by Crippen LogP contribution is -2.48. The molecule has 1 aliphatic heterocycles. The Morgan fingerprint density at radius 2 is 1.67 bits per heavy atom. The maximum atomic E-state index is 12.8. The van der Waals surface area contributed by atoms with Crippen molar-refractivity contribution >= 4 is 22.5 Å². The normalized spacial score (nSPS) is 15.0. The van der Waals surface area contributed by atoms with E-state index in [0.717, 1.165) is 22.2 Å². The van der Waals surface area contributed by atoms with E-state index >= 15 is 0 Å². The van der Waals surface area contributed by atoms with Crippen molar-refractivity contribution in [3.63, 3.8) is 0 Å². The van der Waals surface area contributed by atoms with Crippen LogP contribution < -0.4 is 4.90 Å². The maximum Gasteiger partial charge on any atom is 0.256 e. The summed E-state index contributed by atoms with van der Waals surface area (Å²) in [6, 6.07) is 15.2. The van der Waals surface area contributed by atoms with Crippen molar-refractivity contribution in [2.24, 2.45) is 0 Å². The average molecular weight is 321 g/mol. The second-order valence-electron chi connectivity index (χ2n) is 6.02. The molecule has 4 rings (SSSR count). The van der Waals surface area contributed by atoms with Crippen molar-refractivity contribution in [2.75, 3.05) is 31.1 Å². The number of phenols is 1. The number of carbonyl (C=O) groups is 1. The molecule has 1 aromatic heterocycles. The lowest BCUT2D eigenvalue weighted by molar-refractivity contribution is 0.0749. The van der Waals surface area contributed by atoms with E-state index < -0.39 is 0 Å². The largest absolute Gasteiger partial charge is 0.506 e. The molecule has 1 fully saturated rings. The van der Waals surface area contributed by atoms with E-state index in [0.29, 0.717) is 26.2 Å². The molecule has 3 aromatic rings. The van der Waals surface area contributed by atoms with Gasteiger partial charge in [-0.05, 0) is 18.2 Å². The van der Waals surface area contributed by atoms with Crippen molar-refractivity contribution < 1.29 is 9.90 Å². The van der Waals surface area contributed by atoms with Gasteiger partial charge in [-0.2, -0.15) is 0 Å². The first kappa shape index (κ1) is 14.6.